The SMILES string of the molecule is CCOc1ccc(/C(O)=C2/C(=O)C(=O)N(Cc3ccc(F)cc3)C2c2ccco2)cc1. The molecule has 31 heavy (non-hydrogen) atoms. The van der Waals surface area contributed by atoms with Crippen LogP contribution in [-0.4, -0.2) is 28.3 Å². The maximum Gasteiger partial charge on any atom is 0.296 e. The number of Topliss-reactive ketones (excluding diaryl/α,β-unsaturated/α-hetero) is 1. The maximum absolute atomic E-state index is 13.3. The Kier molecular flexibility index (Phi) is 5.58. The number of rotatable bonds is 6. The van der Waals surface area contributed by atoms with Gasteiger partial charge in [-0.1, -0.05) is 12.1 Å². The molecule has 0 bridgehead atoms. The molecule has 1 saturated heterocycles. The zero-order valence-corrected chi connectivity index (χ0v) is 16.7. The minimum atomic E-state index is -0.911. The van der Waals surface area contributed by atoms with Crippen LogP contribution < -0.4 is 4.74 Å². The highest BCUT2D eigenvalue weighted by molar-refractivity contribution is 6.46. The molecular weight excluding hydrogens is 401 g/mol. The Labute approximate surface area is 178 Å². The molecule has 1 aromatic heterocycles. The van der Waals surface area contributed by atoms with Gasteiger partial charge >= 0.3 is 0 Å². The summed E-state index contributed by atoms with van der Waals surface area (Å²) in [5, 5.41) is 11.0. The maximum atomic E-state index is 13.3. The number of amides is 1. The summed E-state index contributed by atoms with van der Waals surface area (Å²) in [6.07, 6.45) is 1.43. The molecule has 1 atom stereocenters. The first-order chi connectivity index (χ1) is 15.0. The molecule has 0 spiro atoms. The quantitative estimate of drug-likeness (QED) is 0.362. The van der Waals surface area contributed by atoms with Gasteiger partial charge in [-0.3, -0.25) is 9.59 Å². The highest BCUT2D eigenvalue weighted by Crippen LogP contribution is 2.40. The second-order valence-electron chi connectivity index (χ2n) is 7.03. The van der Waals surface area contributed by atoms with E-state index in [-0.39, 0.29) is 17.9 Å². The van der Waals surface area contributed by atoms with Crippen molar-refractivity contribution in [1.82, 2.24) is 4.90 Å². The van der Waals surface area contributed by atoms with Gasteiger partial charge in [-0.25, -0.2) is 4.39 Å². The van der Waals surface area contributed by atoms with Crippen LogP contribution in [0.5, 0.6) is 5.75 Å². The van der Waals surface area contributed by atoms with Crippen molar-refractivity contribution in [2.45, 2.75) is 19.5 Å². The Morgan fingerprint density at radius 1 is 1.10 bits per heavy atom. The number of ketones is 1. The lowest BCUT2D eigenvalue weighted by Crippen LogP contribution is -2.29. The van der Waals surface area contributed by atoms with Gasteiger partial charge in [0.2, 0.25) is 0 Å². The summed E-state index contributed by atoms with van der Waals surface area (Å²) in [5.74, 6) is -1.31. The number of aliphatic hydroxyl groups is 1. The normalized spacial score (nSPS) is 17.9. The summed E-state index contributed by atoms with van der Waals surface area (Å²) < 4.78 is 24.2. The molecule has 158 valence electrons. The number of aliphatic hydroxyl groups excluding tert-OH is 1. The fourth-order valence-corrected chi connectivity index (χ4v) is 3.60. The number of nitrogens with zero attached hydrogens (tertiary/aromatic N) is 1. The zero-order chi connectivity index (χ0) is 22.0. The van der Waals surface area contributed by atoms with E-state index in [9.17, 15) is 19.1 Å². The summed E-state index contributed by atoms with van der Waals surface area (Å²) in [4.78, 5) is 27.1. The highest BCUT2D eigenvalue weighted by atomic mass is 19.1. The van der Waals surface area contributed by atoms with Gasteiger partial charge in [0.1, 0.15) is 29.1 Å². The highest BCUT2D eigenvalue weighted by Gasteiger charge is 2.47. The van der Waals surface area contributed by atoms with Crippen molar-refractivity contribution in [2.24, 2.45) is 0 Å². The minimum Gasteiger partial charge on any atom is -0.507 e. The predicted octanol–water partition coefficient (Wildman–Crippen LogP) is 4.44. The lowest BCUT2D eigenvalue weighted by atomic mass is 9.99. The van der Waals surface area contributed by atoms with Gasteiger partial charge in [-0.2, -0.15) is 0 Å². The van der Waals surface area contributed by atoms with Gasteiger partial charge in [0, 0.05) is 12.1 Å². The van der Waals surface area contributed by atoms with Crippen molar-refractivity contribution in [3.05, 3.63) is 95.2 Å². The van der Waals surface area contributed by atoms with Crippen molar-refractivity contribution in [3.63, 3.8) is 0 Å². The molecule has 1 unspecified atom stereocenters. The summed E-state index contributed by atoms with van der Waals surface area (Å²) in [6.45, 7) is 2.41. The van der Waals surface area contributed by atoms with Gasteiger partial charge in [-0.15, -0.1) is 0 Å². The number of furan rings is 1. The number of hydrogen-bond donors (Lipinski definition) is 1. The summed E-state index contributed by atoms with van der Waals surface area (Å²) in [7, 11) is 0. The van der Waals surface area contributed by atoms with E-state index in [1.807, 2.05) is 6.92 Å². The molecule has 0 aliphatic carbocycles. The van der Waals surface area contributed by atoms with E-state index < -0.39 is 23.5 Å². The van der Waals surface area contributed by atoms with E-state index >= 15 is 0 Å². The average Bonchev–Trinajstić information content (AvgIpc) is 3.38. The molecule has 6 nitrogen and oxygen atoms in total. The van der Waals surface area contributed by atoms with Crippen LogP contribution >= 0.6 is 0 Å². The van der Waals surface area contributed by atoms with Crippen molar-refractivity contribution in [3.8, 4) is 5.75 Å². The average molecular weight is 421 g/mol. The van der Waals surface area contributed by atoms with Gasteiger partial charge in [0.15, 0.2) is 0 Å². The fourth-order valence-electron chi connectivity index (χ4n) is 3.60. The Bertz CT molecular complexity index is 1120. The molecule has 3 aromatic rings. The fraction of sp³-hybridized carbons (Fsp3) is 0.167. The van der Waals surface area contributed by atoms with Crippen LogP contribution in [0, 0.1) is 5.82 Å². The van der Waals surface area contributed by atoms with Crippen molar-refractivity contribution >= 4 is 17.4 Å². The number of likely N-dealkylation sites (tertiary alicyclic amines) is 1. The summed E-state index contributed by atoms with van der Waals surface area (Å²) in [5.41, 5.74) is 0.951. The van der Waals surface area contributed by atoms with Gasteiger partial charge in [0.05, 0.1) is 18.4 Å². The van der Waals surface area contributed by atoms with E-state index in [0.29, 0.717) is 29.2 Å². The Morgan fingerprint density at radius 2 is 1.81 bits per heavy atom. The Hall–Kier alpha value is -3.87. The van der Waals surface area contributed by atoms with Gasteiger partial charge in [-0.05, 0) is 61.0 Å². The third kappa shape index (κ3) is 3.94. The second kappa shape index (κ2) is 8.47. The number of carbonyl (C=O) groups is 2. The smallest absolute Gasteiger partial charge is 0.296 e. The van der Waals surface area contributed by atoms with Crippen LogP contribution in [0.25, 0.3) is 5.76 Å². The van der Waals surface area contributed by atoms with E-state index in [1.54, 1.807) is 48.5 Å². The first-order valence-electron chi connectivity index (χ1n) is 9.79. The van der Waals surface area contributed by atoms with Crippen LogP contribution in [0.15, 0.2) is 76.9 Å². The van der Waals surface area contributed by atoms with Crippen LogP contribution in [0.2, 0.25) is 0 Å². The summed E-state index contributed by atoms with van der Waals surface area (Å²) >= 11 is 0. The number of ether oxygens (including phenoxy) is 1. The molecule has 0 radical (unpaired) electrons. The first kappa shape index (κ1) is 20.4. The van der Waals surface area contributed by atoms with Crippen LogP contribution in [0.4, 0.5) is 4.39 Å². The number of carbonyl (C=O) groups excluding carboxylic acids is 2. The molecular formula is C24H20FNO5. The van der Waals surface area contributed by atoms with Gasteiger partial charge < -0.3 is 19.2 Å². The van der Waals surface area contributed by atoms with Crippen LogP contribution in [-0.2, 0) is 16.1 Å². The van der Waals surface area contributed by atoms with Crippen LogP contribution in [0.3, 0.4) is 0 Å². The molecule has 1 aliphatic heterocycles. The number of benzene rings is 2. The van der Waals surface area contributed by atoms with Gasteiger partial charge in [0.25, 0.3) is 11.7 Å². The third-order valence-electron chi connectivity index (χ3n) is 5.06. The van der Waals surface area contributed by atoms with Crippen molar-refractivity contribution < 1.29 is 28.2 Å². The lowest BCUT2D eigenvalue weighted by Gasteiger charge is -2.23. The predicted molar refractivity (Wildman–Crippen MR) is 111 cm³/mol. The topological polar surface area (TPSA) is 80.0 Å². The molecule has 4 rings (SSSR count). The molecule has 1 amide bonds. The van der Waals surface area contributed by atoms with E-state index in [4.69, 9.17) is 9.15 Å². The Balaban J connectivity index is 1.76. The molecule has 1 aliphatic rings. The molecule has 1 fully saturated rings. The first-order valence-corrected chi connectivity index (χ1v) is 9.79. The molecule has 7 heteroatoms. The molecule has 2 aromatic carbocycles. The summed E-state index contributed by atoms with van der Waals surface area (Å²) in [6, 6.07) is 14.6. The number of hydrogen-bond acceptors (Lipinski definition) is 5. The molecule has 2 heterocycles. The molecule has 0 saturated carbocycles. The molecule has 1 N–H and O–H groups in total. The number of halogens is 1. The van der Waals surface area contributed by atoms with Crippen LogP contribution in [0.1, 0.15) is 29.9 Å². The van der Waals surface area contributed by atoms with Crippen molar-refractivity contribution in [2.75, 3.05) is 6.61 Å². The monoisotopic (exact) mass is 421 g/mol. The zero-order valence-electron chi connectivity index (χ0n) is 16.7. The lowest BCUT2D eigenvalue weighted by molar-refractivity contribution is -0.140. The van der Waals surface area contributed by atoms with E-state index in [0.717, 1.165) is 0 Å². The largest absolute Gasteiger partial charge is 0.507 e. The van der Waals surface area contributed by atoms with E-state index in [1.165, 1.54) is 23.3 Å². The van der Waals surface area contributed by atoms with Crippen molar-refractivity contribution in [1.29, 1.82) is 0 Å². The second-order valence-corrected chi connectivity index (χ2v) is 7.03. The standard InChI is InChI=1S/C24H20FNO5/c1-2-30-18-11-7-16(8-12-18)22(27)20-21(19-4-3-13-31-19)26(24(29)23(20)28)14-15-5-9-17(25)10-6-15/h3-13,21,27H,2,14H2,1H3/b22-20-. The third-order valence-corrected chi connectivity index (χ3v) is 5.06. The Morgan fingerprint density at radius 3 is 2.42 bits per heavy atom. The van der Waals surface area contributed by atoms with E-state index in [2.05, 4.69) is 0 Å². The minimum absolute atomic E-state index is 0.0519.